The Labute approximate surface area is 143 Å². The molecule has 0 aromatic carbocycles. The summed E-state index contributed by atoms with van der Waals surface area (Å²) in [6, 6.07) is 0. The van der Waals surface area contributed by atoms with Gasteiger partial charge in [0.25, 0.3) is 0 Å². The predicted octanol–water partition coefficient (Wildman–Crippen LogP) is 4.08. The van der Waals surface area contributed by atoms with E-state index in [9.17, 15) is 4.79 Å². The Balaban J connectivity index is 4.55. The molecule has 0 spiro atoms. The lowest BCUT2D eigenvalue weighted by Gasteiger charge is -2.35. The Morgan fingerprint density at radius 1 is 1.29 bits per heavy atom. The van der Waals surface area contributed by atoms with Crippen molar-refractivity contribution in [3.63, 3.8) is 0 Å². The molecule has 0 heterocycles. The average molecular weight is 356 g/mol. The number of halogens is 1. The highest BCUT2D eigenvalue weighted by Gasteiger charge is 2.35. The van der Waals surface area contributed by atoms with Crippen LogP contribution in [0.3, 0.4) is 0 Å². The van der Waals surface area contributed by atoms with Crippen LogP contribution in [0.5, 0.6) is 0 Å². The van der Waals surface area contributed by atoms with Crippen LogP contribution >= 0.6 is 31.8 Å². The number of nitrogens with one attached hydrogen (secondary N) is 1. The van der Waals surface area contributed by atoms with Crippen molar-refractivity contribution < 1.29 is 8.80 Å². The van der Waals surface area contributed by atoms with E-state index in [0.29, 0.717) is 18.3 Å². The van der Waals surface area contributed by atoms with Gasteiger partial charge in [-0.2, -0.15) is 12.2 Å². The highest BCUT2D eigenvalue weighted by Crippen LogP contribution is 2.43. The maximum absolute atomic E-state index is 12.5. The molecule has 126 valence electrons. The topological polar surface area (TPSA) is 29.1 Å². The first kappa shape index (κ1) is 21.5. The molecule has 0 saturated heterocycles. The molecule has 0 rings (SSSR count). The molecule has 0 aliphatic rings. The molecular weight excluding hydrogens is 323 g/mol. The molecule has 1 N–H and O–H groups in total. The minimum Gasteiger partial charge on any atom is -0.356 e. The summed E-state index contributed by atoms with van der Waals surface area (Å²) in [5.41, 5.74) is -0.0450. The van der Waals surface area contributed by atoms with E-state index in [2.05, 4.69) is 52.2 Å². The summed E-state index contributed by atoms with van der Waals surface area (Å²) >= 11 is 10.5. The summed E-state index contributed by atoms with van der Waals surface area (Å²) in [6.07, 6.45) is 1.75. The lowest BCUT2D eigenvalue weighted by atomic mass is 9.75. The third kappa shape index (κ3) is 9.99. The maximum atomic E-state index is 12.5. The molecule has 0 saturated carbocycles. The SMILES string of the molecule is CC(C)(CC(C(=O)NCCC[N+](C)(C)Cl)C(C)(C)C)PS. The van der Waals surface area contributed by atoms with Crippen LogP contribution in [0.2, 0.25) is 0 Å². The highest BCUT2D eigenvalue weighted by molar-refractivity contribution is 8.38. The van der Waals surface area contributed by atoms with Crippen molar-refractivity contribution in [3.05, 3.63) is 0 Å². The van der Waals surface area contributed by atoms with Gasteiger partial charge in [-0.1, -0.05) is 42.4 Å². The van der Waals surface area contributed by atoms with E-state index in [-0.39, 0.29) is 22.4 Å². The molecule has 0 bridgehead atoms. The van der Waals surface area contributed by atoms with E-state index in [1.807, 2.05) is 14.1 Å². The number of amides is 1. The van der Waals surface area contributed by atoms with Gasteiger partial charge < -0.3 is 5.32 Å². The predicted molar refractivity (Wildman–Crippen MR) is 99.4 cm³/mol. The molecule has 2 unspecified atom stereocenters. The fourth-order valence-electron chi connectivity index (χ4n) is 2.14. The molecule has 1 amide bonds. The number of hydrogen-bond acceptors (Lipinski definition) is 2. The van der Waals surface area contributed by atoms with Gasteiger partial charge in [-0.3, -0.25) is 4.79 Å². The van der Waals surface area contributed by atoms with E-state index in [0.717, 1.165) is 19.4 Å². The number of hydrogen-bond donors (Lipinski definition) is 2. The largest absolute Gasteiger partial charge is 0.356 e. The van der Waals surface area contributed by atoms with Crippen LogP contribution in [-0.4, -0.2) is 42.3 Å². The highest BCUT2D eigenvalue weighted by atomic mass is 35.5. The van der Waals surface area contributed by atoms with Gasteiger partial charge in [-0.05, 0) is 17.0 Å². The second-order valence-electron chi connectivity index (χ2n) is 8.02. The minimum absolute atomic E-state index is 0.00523. The van der Waals surface area contributed by atoms with Crippen LogP contribution in [-0.2, 0) is 4.79 Å². The van der Waals surface area contributed by atoms with E-state index < -0.39 is 0 Å². The maximum Gasteiger partial charge on any atom is 0.223 e. The van der Waals surface area contributed by atoms with Crippen molar-refractivity contribution in [1.29, 1.82) is 0 Å². The van der Waals surface area contributed by atoms with E-state index in [4.69, 9.17) is 11.8 Å². The first-order chi connectivity index (χ1) is 9.28. The lowest BCUT2D eigenvalue weighted by molar-refractivity contribution is -0.771. The van der Waals surface area contributed by atoms with Crippen LogP contribution in [0.25, 0.3) is 0 Å². The Morgan fingerprint density at radius 2 is 1.81 bits per heavy atom. The number of quaternary nitrogens is 1. The van der Waals surface area contributed by atoms with E-state index in [1.54, 1.807) is 0 Å². The number of thiol groups is 1. The molecule has 0 aromatic rings. The van der Waals surface area contributed by atoms with Crippen molar-refractivity contribution >= 4 is 37.7 Å². The molecule has 0 fully saturated rings. The van der Waals surface area contributed by atoms with Crippen molar-refractivity contribution in [2.75, 3.05) is 27.2 Å². The second-order valence-corrected chi connectivity index (χ2v) is 11.2. The van der Waals surface area contributed by atoms with Crippen LogP contribution in [0.15, 0.2) is 0 Å². The Hall–Kier alpha value is 0.500. The van der Waals surface area contributed by atoms with Crippen molar-refractivity contribution in [3.8, 4) is 0 Å². The fraction of sp³-hybridized carbons (Fsp3) is 0.933. The zero-order chi connectivity index (χ0) is 16.9. The Morgan fingerprint density at radius 3 is 2.19 bits per heavy atom. The standard InChI is InChI=1S/C15H32ClN2OPS/c1-14(2,3)12(11-15(4,5)20-21)13(19)17-9-8-10-18(6,7)16/h12,20-21H,8-11H2,1-7H3/p+1. The van der Waals surface area contributed by atoms with Crippen LogP contribution in [0.1, 0.15) is 47.5 Å². The fourth-order valence-corrected chi connectivity index (χ4v) is 2.83. The summed E-state index contributed by atoms with van der Waals surface area (Å²) in [5, 5.41) is 3.17. The quantitative estimate of drug-likeness (QED) is 0.292. The monoisotopic (exact) mass is 355 g/mol. The molecule has 0 radical (unpaired) electrons. The summed E-state index contributed by atoms with van der Waals surface area (Å²) in [6.45, 7) is 12.3. The smallest absolute Gasteiger partial charge is 0.223 e. The lowest BCUT2D eigenvalue weighted by Crippen LogP contribution is -2.42. The van der Waals surface area contributed by atoms with Gasteiger partial charge in [0.2, 0.25) is 5.91 Å². The summed E-state index contributed by atoms with van der Waals surface area (Å²) in [4.78, 5) is 12.5. The average Bonchev–Trinajstić information content (AvgIpc) is 2.29. The van der Waals surface area contributed by atoms with Gasteiger partial charge in [0.05, 0.1) is 20.6 Å². The first-order valence-electron chi connectivity index (χ1n) is 7.50. The third-order valence-corrected chi connectivity index (χ3v) is 6.34. The molecule has 0 aliphatic heterocycles. The summed E-state index contributed by atoms with van der Waals surface area (Å²) in [5.74, 6) is 0.160. The van der Waals surface area contributed by atoms with Crippen LogP contribution in [0, 0.1) is 11.3 Å². The van der Waals surface area contributed by atoms with Gasteiger partial charge >= 0.3 is 0 Å². The third-order valence-electron chi connectivity index (χ3n) is 3.54. The molecule has 0 aromatic heterocycles. The molecule has 21 heavy (non-hydrogen) atoms. The van der Waals surface area contributed by atoms with Crippen LogP contribution in [0.4, 0.5) is 0 Å². The number of carbonyl (C=O) groups excluding carboxylic acids is 1. The normalized spacial score (nSPS) is 15.5. The summed E-state index contributed by atoms with van der Waals surface area (Å²) < 4.78 is 0.409. The number of rotatable bonds is 8. The molecule has 0 aliphatic carbocycles. The number of carbonyl (C=O) groups is 1. The van der Waals surface area contributed by atoms with Gasteiger partial charge in [-0.25, -0.2) is 4.00 Å². The van der Waals surface area contributed by atoms with E-state index in [1.165, 1.54) is 0 Å². The molecular formula is C15H33ClN2OPS+. The second kappa shape index (κ2) is 8.38. The Kier molecular flexibility index (Phi) is 8.58. The zero-order valence-electron chi connectivity index (χ0n) is 14.6. The van der Waals surface area contributed by atoms with Crippen LogP contribution < -0.4 is 5.32 Å². The number of nitrogens with zero attached hydrogens (tertiary/aromatic N) is 1. The van der Waals surface area contributed by atoms with Gasteiger partial charge in [0.1, 0.15) is 0 Å². The van der Waals surface area contributed by atoms with E-state index >= 15 is 0 Å². The van der Waals surface area contributed by atoms with Gasteiger partial charge in [-0.15, -0.1) is 0 Å². The Bertz CT molecular complexity index is 338. The molecule has 2 atom stereocenters. The van der Waals surface area contributed by atoms with Gasteiger partial charge in [0, 0.05) is 18.9 Å². The van der Waals surface area contributed by atoms with Gasteiger partial charge in [0.15, 0.2) is 11.8 Å². The first-order valence-corrected chi connectivity index (χ1v) is 10.1. The van der Waals surface area contributed by atoms with Crippen molar-refractivity contribution in [1.82, 2.24) is 5.32 Å². The van der Waals surface area contributed by atoms with Crippen molar-refractivity contribution in [2.45, 2.75) is 52.6 Å². The summed E-state index contributed by atoms with van der Waals surface area (Å²) in [7, 11) is 4.42. The van der Waals surface area contributed by atoms with Crippen molar-refractivity contribution in [2.24, 2.45) is 11.3 Å². The zero-order valence-corrected chi connectivity index (χ0v) is 17.2. The molecule has 3 nitrogen and oxygen atoms in total. The minimum atomic E-state index is -0.0450. The molecule has 6 heteroatoms.